The third kappa shape index (κ3) is 4.55. The van der Waals surface area contributed by atoms with E-state index in [4.69, 9.17) is 9.84 Å². The Balaban J connectivity index is 1.52. The van der Waals surface area contributed by atoms with Gasteiger partial charge in [0.2, 0.25) is 5.91 Å². The highest BCUT2D eigenvalue weighted by Gasteiger charge is 2.37. The van der Waals surface area contributed by atoms with Crippen molar-refractivity contribution in [3.8, 4) is 0 Å². The van der Waals surface area contributed by atoms with Crippen LogP contribution in [0.3, 0.4) is 0 Å². The van der Waals surface area contributed by atoms with E-state index in [1.165, 1.54) is 16.8 Å². The quantitative estimate of drug-likeness (QED) is 0.823. The summed E-state index contributed by atoms with van der Waals surface area (Å²) in [6.45, 7) is 5.35. The Morgan fingerprint density at radius 2 is 2.07 bits per heavy atom. The molecule has 1 N–H and O–H groups in total. The molecule has 0 radical (unpaired) electrons. The van der Waals surface area contributed by atoms with Gasteiger partial charge in [-0.25, -0.2) is 0 Å². The topological polar surface area (TPSA) is 56.1 Å². The Hall–Kier alpha value is -2.14. The molecule has 1 aromatic carbocycles. The van der Waals surface area contributed by atoms with Gasteiger partial charge in [0.15, 0.2) is 0 Å². The first-order valence-electron chi connectivity index (χ1n) is 10.9. The fourth-order valence-electron chi connectivity index (χ4n) is 5.01. The lowest BCUT2D eigenvalue weighted by Gasteiger charge is -2.37. The average molecular weight is 396 g/mol. The van der Waals surface area contributed by atoms with E-state index >= 15 is 0 Å². The molecule has 2 aliphatic rings. The van der Waals surface area contributed by atoms with Crippen molar-refractivity contribution >= 4 is 5.91 Å². The molecule has 0 aliphatic heterocycles. The van der Waals surface area contributed by atoms with Crippen molar-refractivity contribution in [1.29, 1.82) is 0 Å². The largest absolute Gasteiger partial charge is 0.381 e. The number of hydrogen-bond acceptors (Lipinski definition) is 3. The van der Waals surface area contributed by atoms with E-state index in [0.717, 1.165) is 45.1 Å². The number of ether oxygens (including phenoxy) is 1. The second kappa shape index (κ2) is 8.31. The summed E-state index contributed by atoms with van der Waals surface area (Å²) in [6.07, 6.45) is 8.03. The van der Waals surface area contributed by atoms with Crippen LogP contribution in [0.4, 0.5) is 0 Å². The highest BCUT2D eigenvalue weighted by atomic mass is 16.5. The molecule has 1 fully saturated rings. The molecular formula is C24H33N3O2. The van der Waals surface area contributed by atoms with E-state index in [1.807, 2.05) is 12.3 Å². The molecule has 29 heavy (non-hydrogen) atoms. The highest BCUT2D eigenvalue weighted by Crippen LogP contribution is 2.41. The van der Waals surface area contributed by atoms with Crippen LogP contribution in [0.5, 0.6) is 0 Å². The van der Waals surface area contributed by atoms with Crippen LogP contribution in [-0.2, 0) is 22.5 Å². The third-order valence-corrected chi connectivity index (χ3v) is 6.58. The number of methoxy groups -OCH3 is 1. The van der Waals surface area contributed by atoms with Crippen LogP contribution in [0.15, 0.2) is 36.5 Å². The first-order valence-corrected chi connectivity index (χ1v) is 10.9. The van der Waals surface area contributed by atoms with Crippen molar-refractivity contribution in [1.82, 2.24) is 15.1 Å². The van der Waals surface area contributed by atoms with Gasteiger partial charge < -0.3 is 10.1 Å². The highest BCUT2D eigenvalue weighted by molar-refractivity contribution is 5.79. The lowest BCUT2D eigenvalue weighted by Crippen LogP contribution is -2.41. The summed E-state index contributed by atoms with van der Waals surface area (Å²) in [5.74, 6) is 0.234. The number of amides is 1. The summed E-state index contributed by atoms with van der Waals surface area (Å²) < 4.78 is 7.63. The minimum atomic E-state index is 0.0358. The van der Waals surface area contributed by atoms with E-state index < -0.39 is 0 Å². The van der Waals surface area contributed by atoms with E-state index in [0.29, 0.717) is 0 Å². The molecule has 2 aliphatic carbocycles. The summed E-state index contributed by atoms with van der Waals surface area (Å²) in [7, 11) is 1.75. The zero-order valence-electron chi connectivity index (χ0n) is 17.9. The van der Waals surface area contributed by atoms with Crippen LogP contribution in [-0.4, -0.2) is 28.9 Å². The molecule has 2 aromatic rings. The second-order valence-electron chi connectivity index (χ2n) is 9.52. The lowest BCUT2D eigenvalue weighted by atomic mass is 9.74. The van der Waals surface area contributed by atoms with Gasteiger partial charge in [-0.15, -0.1) is 0 Å². The number of carbonyl (C=O) groups excluding carboxylic acids is 1. The minimum absolute atomic E-state index is 0.0358. The van der Waals surface area contributed by atoms with E-state index in [9.17, 15) is 4.79 Å². The predicted octanol–water partition coefficient (Wildman–Crippen LogP) is 4.27. The maximum Gasteiger partial charge on any atom is 0.223 e. The number of rotatable bonds is 5. The van der Waals surface area contributed by atoms with Crippen molar-refractivity contribution in [2.75, 3.05) is 7.11 Å². The smallest absolute Gasteiger partial charge is 0.223 e. The minimum Gasteiger partial charge on any atom is -0.381 e. The summed E-state index contributed by atoms with van der Waals surface area (Å²) in [5, 5.41) is 8.07. The zero-order valence-corrected chi connectivity index (χ0v) is 17.9. The first kappa shape index (κ1) is 20.1. The molecule has 3 atom stereocenters. The van der Waals surface area contributed by atoms with Crippen molar-refractivity contribution in [2.45, 2.75) is 71.1 Å². The molecule has 0 saturated heterocycles. The Morgan fingerprint density at radius 1 is 1.28 bits per heavy atom. The molecule has 1 aromatic heterocycles. The lowest BCUT2D eigenvalue weighted by molar-refractivity contribution is -0.128. The SMILES string of the molecule is COC1CCCC(C(=O)NC2CC(C)(C)Cc3c2cnn3Cc2ccccc2)C1. The molecular weight excluding hydrogens is 362 g/mol. The van der Waals surface area contributed by atoms with E-state index in [2.05, 4.69) is 48.1 Å². The molecule has 1 heterocycles. The Bertz CT molecular complexity index is 843. The van der Waals surface area contributed by atoms with Crippen LogP contribution in [0.2, 0.25) is 0 Å². The van der Waals surface area contributed by atoms with E-state index in [1.54, 1.807) is 7.11 Å². The van der Waals surface area contributed by atoms with Crippen molar-refractivity contribution in [3.63, 3.8) is 0 Å². The maximum absolute atomic E-state index is 13.1. The molecule has 4 rings (SSSR count). The van der Waals surface area contributed by atoms with Gasteiger partial charge in [-0.2, -0.15) is 5.10 Å². The molecule has 0 bridgehead atoms. The number of benzene rings is 1. The van der Waals surface area contributed by atoms with Gasteiger partial charge in [0.05, 0.1) is 24.9 Å². The van der Waals surface area contributed by atoms with Crippen LogP contribution in [0.1, 0.15) is 68.8 Å². The zero-order chi connectivity index (χ0) is 20.4. The van der Waals surface area contributed by atoms with Crippen molar-refractivity contribution in [3.05, 3.63) is 53.3 Å². The number of hydrogen-bond donors (Lipinski definition) is 1. The Kier molecular flexibility index (Phi) is 5.77. The number of aromatic nitrogens is 2. The normalized spacial score (nSPS) is 26.0. The molecule has 156 valence electrons. The fraction of sp³-hybridized carbons (Fsp3) is 0.583. The van der Waals surface area contributed by atoms with Crippen LogP contribution >= 0.6 is 0 Å². The van der Waals surface area contributed by atoms with Gasteiger partial charge in [-0.3, -0.25) is 9.48 Å². The molecule has 0 spiro atoms. The Labute approximate surface area is 173 Å². The van der Waals surface area contributed by atoms with Crippen LogP contribution in [0, 0.1) is 11.3 Å². The first-order chi connectivity index (χ1) is 13.9. The summed E-state index contributed by atoms with van der Waals surface area (Å²) in [4.78, 5) is 13.1. The van der Waals surface area contributed by atoms with Gasteiger partial charge in [0.25, 0.3) is 0 Å². The molecule has 1 saturated carbocycles. The number of nitrogens with zero attached hydrogens (tertiary/aromatic N) is 2. The third-order valence-electron chi connectivity index (χ3n) is 6.58. The standard InChI is InChI=1S/C24H33N3O2/c1-24(2)13-21(26-23(28)18-10-7-11-19(12-18)29-3)20-15-25-27(22(20)14-24)16-17-8-5-4-6-9-17/h4-6,8-9,15,18-19,21H,7,10-14,16H2,1-3H3,(H,26,28). The van der Waals surface area contributed by atoms with E-state index in [-0.39, 0.29) is 29.4 Å². The summed E-state index contributed by atoms with van der Waals surface area (Å²) in [6, 6.07) is 10.5. The monoisotopic (exact) mass is 395 g/mol. The predicted molar refractivity (Wildman–Crippen MR) is 114 cm³/mol. The molecule has 3 unspecified atom stereocenters. The van der Waals surface area contributed by atoms with Gasteiger partial charge in [0.1, 0.15) is 0 Å². The second-order valence-corrected chi connectivity index (χ2v) is 9.52. The molecule has 5 nitrogen and oxygen atoms in total. The Morgan fingerprint density at radius 3 is 2.83 bits per heavy atom. The number of fused-ring (bicyclic) bond motifs is 1. The van der Waals surface area contributed by atoms with Crippen LogP contribution in [0.25, 0.3) is 0 Å². The average Bonchev–Trinajstić information content (AvgIpc) is 3.10. The summed E-state index contributed by atoms with van der Waals surface area (Å²) in [5.41, 5.74) is 3.82. The summed E-state index contributed by atoms with van der Waals surface area (Å²) >= 11 is 0. The van der Waals surface area contributed by atoms with Gasteiger partial charge in [-0.05, 0) is 43.1 Å². The van der Waals surface area contributed by atoms with Gasteiger partial charge in [-0.1, -0.05) is 50.6 Å². The van der Waals surface area contributed by atoms with Gasteiger partial charge in [0, 0.05) is 24.3 Å². The number of nitrogens with one attached hydrogen (secondary N) is 1. The number of carbonyl (C=O) groups is 1. The van der Waals surface area contributed by atoms with Crippen LogP contribution < -0.4 is 5.32 Å². The molecule has 1 amide bonds. The maximum atomic E-state index is 13.1. The fourth-order valence-corrected chi connectivity index (χ4v) is 5.01. The van der Waals surface area contributed by atoms with Gasteiger partial charge >= 0.3 is 0 Å². The van der Waals surface area contributed by atoms with Crippen molar-refractivity contribution in [2.24, 2.45) is 11.3 Å². The van der Waals surface area contributed by atoms with Crippen molar-refractivity contribution < 1.29 is 9.53 Å². The molecule has 5 heteroatoms.